The maximum atomic E-state index is 11.8. The number of hydrogen-bond donors (Lipinski definition) is 2. The lowest BCUT2D eigenvalue weighted by Crippen LogP contribution is -2.51. The van der Waals surface area contributed by atoms with Crippen LogP contribution in [0.15, 0.2) is 12.5 Å². The van der Waals surface area contributed by atoms with Crippen LogP contribution in [0.2, 0.25) is 0 Å². The van der Waals surface area contributed by atoms with Crippen molar-refractivity contribution in [1.82, 2.24) is 20.2 Å². The van der Waals surface area contributed by atoms with Gasteiger partial charge in [0.05, 0.1) is 17.6 Å². The fourth-order valence-electron chi connectivity index (χ4n) is 2.06. The number of aromatic nitrogens is 2. The number of hydrogen-bond acceptors (Lipinski definition) is 4. The van der Waals surface area contributed by atoms with Gasteiger partial charge in [0.25, 0.3) is 0 Å². The molecule has 1 heterocycles. The highest BCUT2D eigenvalue weighted by molar-refractivity contribution is 5.68. The van der Waals surface area contributed by atoms with Crippen LogP contribution in [0.4, 0.5) is 4.79 Å². The molecule has 1 aromatic heterocycles. The fraction of sp³-hybridized carbons (Fsp3) is 0.750. The molecule has 0 bridgehead atoms. The Bertz CT molecular complexity index is 475. The molecule has 0 atom stereocenters. The highest BCUT2D eigenvalue weighted by atomic mass is 16.6. The molecule has 22 heavy (non-hydrogen) atoms. The molecule has 1 rings (SSSR count). The molecule has 6 nitrogen and oxygen atoms in total. The summed E-state index contributed by atoms with van der Waals surface area (Å²) in [5.74, 6) is 0. The average Bonchev–Trinajstić information content (AvgIpc) is 2.73. The fourth-order valence-corrected chi connectivity index (χ4v) is 2.06. The molecule has 1 aromatic rings. The van der Waals surface area contributed by atoms with Crippen molar-refractivity contribution >= 4 is 6.09 Å². The van der Waals surface area contributed by atoms with E-state index in [1.807, 2.05) is 47.1 Å². The molecule has 0 saturated carbocycles. The van der Waals surface area contributed by atoms with Gasteiger partial charge in [0.15, 0.2) is 0 Å². The van der Waals surface area contributed by atoms with Crippen LogP contribution >= 0.6 is 0 Å². The Morgan fingerprint density at radius 2 is 2.00 bits per heavy atom. The summed E-state index contributed by atoms with van der Waals surface area (Å²) in [6.45, 7) is 14.0. The van der Waals surface area contributed by atoms with Crippen LogP contribution in [0.3, 0.4) is 0 Å². The summed E-state index contributed by atoms with van der Waals surface area (Å²) in [5.41, 5.74) is 0.271. The molecule has 0 aromatic carbocycles. The van der Waals surface area contributed by atoms with Crippen LogP contribution in [-0.2, 0) is 17.8 Å². The number of aryl methyl sites for hydroxylation is 1. The standard InChI is InChI=1S/C16H30N4O2/c1-7-8-20-12-18-10-13(20)9-17-11-16(5,6)19-14(21)22-15(2,3)4/h10,12,17H,7-9,11H2,1-6H3,(H,19,21). The molecule has 0 saturated heterocycles. The quantitative estimate of drug-likeness (QED) is 0.812. The molecule has 0 aliphatic rings. The molecule has 0 radical (unpaired) electrons. The molecular weight excluding hydrogens is 280 g/mol. The van der Waals surface area contributed by atoms with Crippen molar-refractivity contribution in [3.8, 4) is 0 Å². The first-order chi connectivity index (χ1) is 10.1. The molecule has 6 heteroatoms. The van der Waals surface area contributed by atoms with Gasteiger partial charge >= 0.3 is 6.09 Å². The molecular formula is C16H30N4O2. The molecule has 0 unspecified atom stereocenters. The van der Waals surface area contributed by atoms with Gasteiger partial charge in [-0.15, -0.1) is 0 Å². The van der Waals surface area contributed by atoms with Gasteiger partial charge in [-0.2, -0.15) is 0 Å². The maximum absolute atomic E-state index is 11.8. The largest absolute Gasteiger partial charge is 0.444 e. The lowest BCUT2D eigenvalue weighted by atomic mass is 10.1. The predicted octanol–water partition coefficient (Wildman–Crippen LogP) is 2.69. The molecule has 2 N–H and O–H groups in total. The van der Waals surface area contributed by atoms with Crippen molar-refractivity contribution in [1.29, 1.82) is 0 Å². The molecule has 0 spiro atoms. The summed E-state index contributed by atoms with van der Waals surface area (Å²) in [7, 11) is 0. The first kappa shape index (κ1) is 18.5. The number of ether oxygens (including phenoxy) is 1. The number of nitrogens with zero attached hydrogens (tertiary/aromatic N) is 2. The normalized spacial score (nSPS) is 12.3. The van der Waals surface area contributed by atoms with E-state index >= 15 is 0 Å². The average molecular weight is 310 g/mol. The van der Waals surface area contributed by atoms with Crippen LogP contribution < -0.4 is 10.6 Å². The molecule has 0 aliphatic heterocycles. The Hall–Kier alpha value is -1.56. The minimum atomic E-state index is -0.486. The molecule has 0 fully saturated rings. The number of amides is 1. The second kappa shape index (κ2) is 7.63. The zero-order chi connectivity index (χ0) is 16.8. The topological polar surface area (TPSA) is 68.2 Å². The highest BCUT2D eigenvalue weighted by Crippen LogP contribution is 2.09. The van der Waals surface area contributed by atoms with Crippen molar-refractivity contribution in [2.24, 2.45) is 0 Å². The first-order valence-corrected chi connectivity index (χ1v) is 7.84. The van der Waals surface area contributed by atoms with Gasteiger partial charge in [0.2, 0.25) is 0 Å². The van der Waals surface area contributed by atoms with E-state index in [0.29, 0.717) is 6.54 Å². The van der Waals surface area contributed by atoms with Gasteiger partial charge in [-0.3, -0.25) is 0 Å². The van der Waals surface area contributed by atoms with Gasteiger partial charge in [0.1, 0.15) is 5.60 Å². The van der Waals surface area contributed by atoms with Crippen molar-refractivity contribution < 1.29 is 9.53 Å². The van der Waals surface area contributed by atoms with Crippen LogP contribution in [0.5, 0.6) is 0 Å². The second-order valence-electron chi connectivity index (χ2n) is 7.19. The zero-order valence-corrected chi connectivity index (χ0v) is 14.7. The van der Waals surface area contributed by atoms with E-state index in [1.54, 1.807) is 0 Å². The number of carbonyl (C=O) groups excluding carboxylic acids is 1. The number of imidazole rings is 1. The summed E-state index contributed by atoms with van der Waals surface area (Å²) in [5, 5.41) is 6.25. The van der Waals surface area contributed by atoms with Gasteiger partial charge in [0, 0.05) is 25.8 Å². The van der Waals surface area contributed by atoms with Crippen molar-refractivity contribution in [3.63, 3.8) is 0 Å². The number of carbonyl (C=O) groups is 1. The third-order valence-electron chi connectivity index (χ3n) is 2.98. The predicted molar refractivity (Wildman–Crippen MR) is 87.7 cm³/mol. The van der Waals surface area contributed by atoms with Crippen molar-refractivity contribution in [2.75, 3.05) is 6.54 Å². The molecule has 1 amide bonds. The lowest BCUT2D eigenvalue weighted by molar-refractivity contribution is 0.0472. The number of alkyl carbamates (subject to hydrolysis) is 1. The minimum Gasteiger partial charge on any atom is -0.444 e. The van der Waals surface area contributed by atoms with Crippen LogP contribution in [-0.4, -0.2) is 33.3 Å². The number of nitrogens with one attached hydrogen (secondary N) is 2. The van der Waals surface area contributed by atoms with E-state index in [4.69, 9.17) is 4.74 Å². The molecule has 126 valence electrons. The summed E-state index contributed by atoms with van der Waals surface area (Å²) in [6, 6.07) is 0. The summed E-state index contributed by atoms with van der Waals surface area (Å²) < 4.78 is 7.43. The third kappa shape index (κ3) is 6.93. The van der Waals surface area contributed by atoms with Crippen molar-refractivity contribution in [2.45, 2.75) is 72.2 Å². The van der Waals surface area contributed by atoms with Gasteiger partial charge in [-0.05, 0) is 41.0 Å². The Labute approximate surface area is 133 Å². The van der Waals surface area contributed by atoms with E-state index in [9.17, 15) is 4.79 Å². The van der Waals surface area contributed by atoms with Crippen LogP contribution in [0, 0.1) is 0 Å². The Morgan fingerprint density at radius 3 is 2.59 bits per heavy atom. The van der Waals surface area contributed by atoms with E-state index in [0.717, 1.165) is 25.2 Å². The summed E-state index contributed by atoms with van der Waals surface area (Å²) >= 11 is 0. The van der Waals surface area contributed by atoms with Crippen molar-refractivity contribution in [3.05, 3.63) is 18.2 Å². The summed E-state index contributed by atoms with van der Waals surface area (Å²) in [4.78, 5) is 16.0. The van der Waals surface area contributed by atoms with Crippen LogP contribution in [0.25, 0.3) is 0 Å². The number of rotatable bonds is 7. The van der Waals surface area contributed by atoms with Gasteiger partial charge < -0.3 is 19.9 Å². The Morgan fingerprint density at radius 1 is 1.32 bits per heavy atom. The maximum Gasteiger partial charge on any atom is 0.408 e. The van der Waals surface area contributed by atoms with Crippen LogP contribution in [0.1, 0.15) is 53.7 Å². The first-order valence-electron chi connectivity index (χ1n) is 7.84. The van der Waals surface area contributed by atoms with E-state index in [2.05, 4.69) is 27.1 Å². The Kier molecular flexibility index (Phi) is 6.41. The SMILES string of the molecule is CCCn1cncc1CNCC(C)(C)NC(=O)OC(C)(C)C. The highest BCUT2D eigenvalue weighted by Gasteiger charge is 2.24. The smallest absolute Gasteiger partial charge is 0.408 e. The monoisotopic (exact) mass is 310 g/mol. The lowest BCUT2D eigenvalue weighted by Gasteiger charge is -2.29. The molecule has 0 aliphatic carbocycles. The van der Waals surface area contributed by atoms with E-state index in [-0.39, 0.29) is 0 Å². The summed E-state index contributed by atoms with van der Waals surface area (Å²) in [6.07, 6.45) is 4.41. The van der Waals surface area contributed by atoms with Gasteiger partial charge in [-0.25, -0.2) is 9.78 Å². The zero-order valence-electron chi connectivity index (χ0n) is 14.7. The Balaban J connectivity index is 2.42. The van der Waals surface area contributed by atoms with E-state index < -0.39 is 17.2 Å². The minimum absolute atomic E-state index is 0.391. The second-order valence-corrected chi connectivity index (χ2v) is 7.19. The van der Waals surface area contributed by atoms with E-state index in [1.165, 1.54) is 0 Å². The third-order valence-corrected chi connectivity index (χ3v) is 2.98. The van der Waals surface area contributed by atoms with Gasteiger partial charge in [-0.1, -0.05) is 6.92 Å².